The van der Waals surface area contributed by atoms with Crippen LogP contribution < -0.4 is 5.73 Å². The molecule has 1 heterocycles. The van der Waals surface area contributed by atoms with Crippen molar-refractivity contribution < 1.29 is 4.39 Å². The number of fused-ring (bicyclic) bond motifs is 1. The first-order chi connectivity index (χ1) is 7.09. The van der Waals surface area contributed by atoms with Crippen LogP contribution in [-0.4, -0.2) is 9.97 Å². The van der Waals surface area contributed by atoms with Gasteiger partial charge in [-0.25, -0.2) is 14.4 Å². The number of nitrogens with two attached hydrogens (primary N) is 1. The maximum Gasteiger partial charge on any atom is 0.149 e. The highest BCUT2D eigenvalue weighted by molar-refractivity contribution is 5.81. The summed E-state index contributed by atoms with van der Waals surface area (Å²) in [4.78, 5) is 8.36. The van der Waals surface area contributed by atoms with Crippen molar-refractivity contribution in [3.05, 3.63) is 35.5 Å². The Labute approximate surface area is 87.2 Å². The first-order valence-electron chi connectivity index (χ1n) is 4.78. The van der Waals surface area contributed by atoms with Crippen LogP contribution in [0.25, 0.3) is 10.9 Å². The minimum atomic E-state index is -0.333. The van der Waals surface area contributed by atoms with Gasteiger partial charge in [0.15, 0.2) is 0 Å². The van der Waals surface area contributed by atoms with Gasteiger partial charge < -0.3 is 5.73 Å². The van der Waals surface area contributed by atoms with Crippen molar-refractivity contribution in [1.82, 2.24) is 9.97 Å². The average molecular weight is 205 g/mol. The summed E-state index contributed by atoms with van der Waals surface area (Å²) in [7, 11) is 0. The van der Waals surface area contributed by atoms with Gasteiger partial charge in [-0.1, -0.05) is 12.1 Å². The van der Waals surface area contributed by atoms with E-state index in [4.69, 9.17) is 5.73 Å². The van der Waals surface area contributed by atoms with Crippen molar-refractivity contribution >= 4 is 10.9 Å². The van der Waals surface area contributed by atoms with E-state index in [0.29, 0.717) is 11.3 Å². The molecule has 1 aromatic heterocycles. The van der Waals surface area contributed by atoms with Gasteiger partial charge in [0.25, 0.3) is 0 Å². The third-order valence-electron chi connectivity index (χ3n) is 2.29. The van der Waals surface area contributed by atoms with Crippen molar-refractivity contribution in [3.63, 3.8) is 0 Å². The molecule has 1 aromatic carbocycles. The van der Waals surface area contributed by atoms with Crippen LogP contribution in [0.5, 0.6) is 0 Å². The number of hydrogen-bond acceptors (Lipinski definition) is 3. The normalized spacial score (nSPS) is 13.1. The van der Waals surface area contributed by atoms with E-state index in [-0.39, 0.29) is 11.9 Å². The van der Waals surface area contributed by atoms with Crippen molar-refractivity contribution in [2.24, 2.45) is 5.73 Å². The predicted octanol–water partition coefficient (Wildman–Crippen LogP) is 2.10. The third kappa shape index (κ3) is 1.68. The molecule has 2 aromatic rings. The Kier molecular flexibility index (Phi) is 2.36. The standard InChI is InChI=1S/C11H12FN3/c1-6(13)11-14-7(2)8-4-3-5-9(12)10(8)15-11/h3-6H,13H2,1-2H3. The van der Waals surface area contributed by atoms with Crippen LogP contribution in [0.3, 0.4) is 0 Å². The minimum Gasteiger partial charge on any atom is -0.322 e. The molecular formula is C11H12FN3. The highest BCUT2D eigenvalue weighted by atomic mass is 19.1. The van der Waals surface area contributed by atoms with E-state index in [0.717, 1.165) is 11.1 Å². The number of rotatable bonds is 1. The van der Waals surface area contributed by atoms with Gasteiger partial charge in [0.2, 0.25) is 0 Å². The molecule has 0 bridgehead atoms. The van der Waals surface area contributed by atoms with Gasteiger partial charge in [0.05, 0.1) is 6.04 Å². The van der Waals surface area contributed by atoms with Crippen LogP contribution in [0.2, 0.25) is 0 Å². The molecule has 3 nitrogen and oxygen atoms in total. The largest absolute Gasteiger partial charge is 0.322 e. The van der Waals surface area contributed by atoms with Crippen LogP contribution in [-0.2, 0) is 0 Å². The lowest BCUT2D eigenvalue weighted by Crippen LogP contribution is -2.11. The molecule has 78 valence electrons. The van der Waals surface area contributed by atoms with Crippen LogP contribution in [0.1, 0.15) is 24.5 Å². The summed E-state index contributed by atoms with van der Waals surface area (Å²) < 4.78 is 13.5. The molecule has 1 atom stereocenters. The van der Waals surface area contributed by atoms with E-state index >= 15 is 0 Å². The zero-order valence-electron chi connectivity index (χ0n) is 8.66. The summed E-state index contributed by atoms with van der Waals surface area (Å²) in [5, 5.41) is 0.736. The van der Waals surface area contributed by atoms with Gasteiger partial charge >= 0.3 is 0 Å². The molecule has 1 unspecified atom stereocenters. The molecule has 2 rings (SSSR count). The van der Waals surface area contributed by atoms with Crippen molar-refractivity contribution in [3.8, 4) is 0 Å². The molecule has 0 fully saturated rings. The molecule has 0 amide bonds. The van der Waals surface area contributed by atoms with E-state index in [2.05, 4.69) is 9.97 Å². The van der Waals surface area contributed by atoms with Crippen LogP contribution in [0.4, 0.5) is 4.39 Å². The quantitative estimate of drug-likeness (QED) is 0.775. The lowest BCUT2D eigenvalue weighted by molar-refractivity contribution is 0.633. The maximum absolute atomic E-state index is 13.5. The van der Waals surface area contributed by atoms with Gasteiger partial charge in [0.1, 0.15) is 17.2 Å². The van der Waals surface area contributed by atoms with E-state index in [9.17, 15) is 4.39 Å². The van der Waals surface area contributed by atoms with Crippen LogP contribution in [0.15, 0.2) is 18.2 Å². The average Bonchev–Trinajstić information content (AvgIpc) is 2.19. The van der Waals surface area contributed by atoms with Gasteiger partial charge in [-0.2, -0.15) is 0 Å². The van der Waals surface area contributed by atoms with E-state index in [1.807, 2.05) is 6.92 Å². The Hall–Kier alpha value is -1.55. The smallest absolute Gasteiger partial charge is 0.149 e. The third-order valence-corrected chi connectivity index (χ3v) is 2.29. The number of hydrogen-bond donors (Lipinski definition) is 1. The predicted molar refractivity (Wildman–Crippen MR) is 56.8 cm³/mol. The molecule has 0 radical (unpaired) electrons. The van der Waals surface area contributed by atoms with E-state index in [1.54, 1.807) is 19.1 Å². The summed E-state index contributed by atoms with van der Waals surface area (Å²) in [6.45, 7) is 3.61. The van der Waals surface area contributed by atoms with Crippen LogP contribution in [0, 0.1) is 12.7 Å². The van der Waals surface area contributed by atoms with Gasteiger partial charge in [-0.05, 0) is 19.9 Å². The minimum absolute atomic E-state index is 0.285. The lowest BCUT2D eigenvalue weighted by Gasteiger charge is -2.08. The fourth-order valence-electron chi connectivity index (χ4n) is 1.50. The fourth-order valence-corrected chi connectivity index (χ4v) is 1.50. The molecule has 4 heteroatoms. The summed E-state index contributed by atoms with van der Waals surface area (Å²) in [5.74, 6) is 0.144. The molecule has 0 aliphatic heterocycles. The van der Waals surface area contributed by atoms with Gasteiger partial charge in [0, 0.05) is 11.1 Å². The number of para-hydroxylation sites is 1. The molecule has 0 spiro atoms. The van der Waals surface area contributed by atoms with E-state index < -0.39 is 0 Å². The first-order valence-corrected chi connectivity index (χ1v) is 4.78. The van der Waals surface area contributed by atoms with Crippen molar-refractivity contribution in [2.75, 3.05) is 0 Å². The molecule has 2 N–H and O–H groups in total. The molecule has 0 saturated carbocycles. The number of nitrogens with zero attached hydrogens (tertiary/aromatic N) is 2. The number of aryl methyl sites for hydroxylation is 1. The second-order valence-corrected chi connectivity index (χ2v) is 3.59. The number of benzene rings is 1. The first kappa shape index (κ1) is 9.98. The Morgan fingerprint density at radius 2 is 2.07 bits per heavy atom. The Morgan fingerprint density at radius 1 is 1.33 bits per heavy atom. The summed E-state index contributed by atoms with van der Waals surface area (Å²) in [5.41, 5.74) is 6.78. The Morgan fingerprint density at radius 3 is 2.73 bits per heavy atom. The molecular weight excluding hydrogens is 193 g/mol. The number of aromatic nitrogens is 2. The van der Waals surface area contributed by atoms with Gasteiger partial charge in [-0.15, -0.1) is 0 Å². The fraction of sp³-hybridized carbons (Fsp3) is 0.273. The molecule has 15 heavy (non-hydrogen) atoms. The monoisotopic (exact) mass is 205 g/mol. The SMILES string of the molecule is Cc1nc(C(C)N)nc2c(F)cccc12. The highest BCUT2D eigenvalue weighted by Gasteiger charge is 2.10. The zero-order chi connectivity index (χ0) is 11.0. The molecule has 0 saturated heterocycles. The summed E-state index contributed by atoms with van der Waals surface area (Å²) in [6.07, 6.45) is 0. The zero-order valence-corrected chi connectivity index (χ0v) is 8.66. The summed E-state index contributed by atoms with van der Waals surface area (Å²) >= 11 is 0. The lowest BCUT2D eigenvalue weighted by atomic mass is 10.2. The topological polar surface area (TPSA) is 51.8 Å². The number of halogens is 1. The Bertz CT molecular complexity index is 508. The second-order valence-electron chi connectivity index (χ2n) is 3.59. The van der Waals surface area contributed by atoms with Crippen molar-refractivity contribution in [1.29, 1.82) is 0 Å². The maximum atomic E-state index is 13.5. The molecule has 0 aliphatic rings. The Balaban J connectivity index is 2.80. The summed E-state index contributed by atoms with van der Waals surface area (Å²) in [6, 6.07) is 4.56. The van der Waals surface area contributed by atoms with Crippen LogP contribution >= 0.6 is 0 Å². The second kappa shape index (κ2) is 3.55. The van der Waals surface area contributed by atoms with E-state index in [1.165, 1.54) is 6.07 Å². The van der Waals surface area contributed by atoms with Gasteiger partial charge in [-0.3, -0.25) is 0 Å². The van der Waals surface area contributed by atoms with Crippen molar-refractivity contribution in [2.45, 2.75) is 19.9 Å². The molecule has 0 aliphatic carbocycles. The highest BCUT2D eigenvalue weighted by Crippen LogP contribution is 2.19.